The van der Waals surface area contributed by atoms with Gasteiger partial charge < -0.3 is 15.8 Å². The highest BCUT2D eigenvalue weighted by atomic mass is 19.3. The van der Waals surface area contributed by atoms with Crippen molar-refractivity contribution in [3.05, 3.63) is 0 Å². The summed E-state index contributed by atoms with van der Waals surface area (Å²) >= 11 is 0. The lowest BCUT2D eigenvalue weighted by molar-refractivity contribution is -0.146. The van der Waals surface area contributed by atoms with E-state index in [0.717, 1.165) is 0 Å². The molecule has 2 unspecified atom stereocenters. The molecule has 0 aliphatic rings. The van der Waals surface area contributed by atoms with Gasteiger partial charge >= 0.3 is 5.97 Å². The minimum Gasteiger partial charge on any atom is -0.467 e. The average Bonchev–Trinajstić information content (AvgIpc) is 2.22. The molecule has 17 heavy (non-hydrogen) atoms. The molecule has 0 saturated carbocycles. The standard InChI is InChI=1S/C10H18F2N2O3/c1-5(2)8(10(16)17-3)14-9(15)6(13)4-7(11)12/h5-8H,4,13H2,1-3H3,(H,14,15). The molecular weight excluding hydrogens is 234 g/mol. The largest absolute Gasteiger partial charge is 0.467 e. The lowest BCUT2D eigenvalue weighted by Gasteiger charge is -2.21. The highest BCUT2D eigenvalue weighted by molar-refractivity contribution is 5.87. The number of hydrogen-bond acceptors (Lipinski definition) is 4. The van der Waals surface area contributed by atoms with Gasteiger partial charge in [0.15, 0.2) is 0 Å². The summed E-state index contributed by atoms with van der Waals surface area (Å²) in [5.74, 6) is -1.63. The number of methoxy groups -OCH3 is 1. The molecule has 2 atom stereocenters. The number of carbonyl (C=O) groups excluding carboxylic acids is 2. The first-order valence-corrected chi connectivity index (χ1v) is 5.21. The summed E-state index contributed by atoms with van der Waals surface area (Å²) in [6.45, 7) is 3.39. The fraction of sp³-hybridized carbons (Fsp3) is 0.800. The van der Waals surface area contributed by atoms with Crippen LogP contribution in [-0.2, 0) is 14.3 Å². The molecule has 5 nitrogen and oxygen atoms in total. The van der Waals surface area contributed by atoms with Crippen LogP contribution in [0.4, 0.5) is 8.78 Å². The molecule has 3 N–H and O–H groups in total. The van der Waals surface area contributed by atoms with E-state index in [2.05, 4.69) is 10.1 Å². The zero-order valence-corrected chi connectivity index (χ0v) is 10.1. The smallest absolute Gasteiger partial charge is 0.328 e. The Kier molecular flexibility index (Phi) is 6.64. The molecule has 1 amide bonds. The minimum atomic E-state index is -2.66. The Bertz CT molecular complexity index is 272. The van der Waals surface area contributed by atoms with Crippen LogP contribution in [-0.4, -0.2) is 37.5 Å². The highest BCUT2D eigenvalue weighted by Gasteiger charge is 2.28. The Morgan fingerprint density at radius 2 is 1.88 bits per heavy atom. The molecule has 0 heterocycles. The predicted octanol–water partition coefficient (Wildman–Crippen LogP) is 0.283. The van der Waals surface area contributed by atoms with Crippen LogP contribution in [0.15, 0.2) is 0 Å². The van der Waals surface area contributed by atoms with E-state index in [9.17, 15) is 18.4 Å². The molecule has 7 heteroatoms. The van der Waals surface area contributed by atoms with E-state index in [4.69, 9.17) is 5.73 Å². The maximum atomic E-state index is 12.0. The van der Waals surface area contributed by atoms with Crippen LogP contribution < -0.4 is 11.1 Å². The summed E-state index contributed by atoms with van der Waals surface area (Å²) in [6.07, 6.45) is -3.40. The van der Waals surface area contributed by atoms with Crippen LogP contribution in [0.2, 0.25) is 0 Å². The molecule has 0 aromatic rings. The second kappa shape index (κ2) is 7.16. The molecular formula is C10H18F2N2O3. The van der Waals surface area contributed by atoms with E-state index in [1.54, 1.807) is 13.8 Å². The first kappa shape index (κ1) is 15.8. The van der Waals surface area contributed by atoms with Gasteiger partial charge in [0.1, 0.15) is 6.04 Å². The number of alkyl halides is 2. The molecule has 0 rings (SSSR count). The molecule has 0 aliphatic heterocycles. The highest BCUT2D eigenvalue weighted by Crippen LogP contribution is 2.06. The average molecular weight is 252 g/mol. The van der Waals surface area contributed by atoms with Crippen molar-refractivity contribution in [3.8, 4) is 0 Å². The molecule has 0 aromatic heterocycles. The van der Waals surface area contributed by atoms with Crippen molar-refractivity contribution in [1.29, 1.82) is 0 Å². The topological polar surface area (TPSA) is 81.4 Å². The maximum absolute atomic E-state index is 12.0. The van der Waals surface area contributed by atoms with Crippen molar-refractivity contribution in [1.82, 2.24) is 5.32 Å². The van der Waals surface area contributed by atoms with Gasteiger partial charge in [-0.2, -0.15) is 0 Å². The number of hydrogen-bond donors (Lipinski definition) is 2. The van der Waals surface area contributed by atoms with Gasteiger partial charge in [0, 0.05) is 6.42 Å². The van der Waals surface area contributed by atoms with Crippen LogP contribution in [0.25, 0.3) is 0 Å². The number of esters is 1. The van der Waals surface area contributed by atoms with Crippen LogP contribution >= 0.6 is 0 Å². The molecule has 0 bridgehead atoms. The van der Waals surface area contributed by atoms with Gasteiger partial charge in [-0.15, -0.1) is 0 Å². The van der Waals surface area contributed by atoms with E-state index in [1.165, 1.54) is 7.11 Å². The summed E-state index contributed by atoms with van der Waals surface area (Å²) in [5, 5.41) is 2.30. The molecule has 0 radical (unpaired) electrons. The van der Waals surface area contributed by atoms with E-state index in [1.807, 2.05) is 0 Å². The fourth-order valence-corrected chi connectivity index (χ4v) is 1.18. The summed E-state index contributed by atoms with van der Waals surface area (Å²) in [5.41, 5.74) is 5.26. The minimum absolute atomic E-state index is 0.217. The third-order valence-electron chi connectivity index (χ3n) is 2.19. The van der Waals surface area contributed by atoms with Crippen LogP contribution in [0.5, 0.6) is 0 Å². The zero-order valence-electron chi connectivity index (χ0n) is 10.1. The lowest BCUT2D eigenvalue weighted by Crippen LogP contribution is -2.51. The van der Waals surface area contributed by atoms with E-state index < -0.39 is 36.8 Å². The normalized spacial score (nSPS) is 14.6. The summed E-state index contributed by atoms with van der Waals surface area (Å²) in [7, 11) is 1.18. The predicted molar refractivity (Wildman–Crippen MR) is 57.4 cm³/mol. The molecule has 0 spiro atoms. The van der Waals surface area contributed by atoms with Crippen molar-refractivity contribution in [2.75, 3.05) is 7.11 Å². The summed E-state index contributed by atoms with van der Waals surface area (Å²) < 4.78 is 28.5. The van der Waals surface area contributed by atoms with Gasteiger partial charge in [0.25, 0.3) is 0 Å². The monoisotopic (exact) mass is 252 g/mol. The third-order valence-corrected chi connectivity index (χ3v) is 2.19. The maximum Gasteiger partial charge on any atom is 0.328 e. The number of nitrogens with two attached hydrogens (primary N) is 1. The van der Waals surface area contributed by atoms with Crippen LogP contribution in [0.1, 0.15) is 20.3 Å². The second-order valence-electron chi connectivity index (χ2n) is 3.99. The van der Waals surface area contributed by atoms with E-state index >= 15 is 0 Å². The van der Waals surface area contributed by atoms with E-state index in [0.29, 0.717) is 0 Å². The number of ether oxygens (including phenoxy) is 1. The summed E-state index contributed by atoms with van der Waals surface area (Å²) in [6, 6.07) is -2.21. The van der Waals surface area contributed by atoms with Gasteiger partial charge in [0.05, 0.1) is 13.2 Å². The zero-order chi connectivity index (χ0) is 13.6. The van der Waals surface area contributed by atoms with Crippen LogP contribution in [0.3, 0.4) is 0 Å². The van der Waals surface area contributed by atoms with Crippen LogP contribution in [0, 0.1) is 5.92 Å². The number of rotatable bonds is 6. The number of amides is 1. The number of halogens is 2. The Labute approximate surface area is 98.7 Å². The Hall–Kier alpha value is -1.24. The van der Waals surface area contributed by atoms with Crippen molar-refractivity contribution in [2.45, 2.75) is 38.8 Å². The molecule has 0 fully saturated rings. The Morgan fingerprint density at radius 1 is 1.35 bits per heavy atom. The van der Waals surface area contributed by atoms with Crippen molar-refractivity contribution >= 4 is 11.9 Å². The van der Waals surface area contributed by atoms with Gasteiger partial charge in [0.2, 0.25) is 12.3 Å². The third kappa shape index (κ3) is 5.58. The quantitative estimate of drug-likeness (QED) is 0.665. The second-order valence-corrected chi connectivity index (χ2v) is 3.99. The molecule has 100 valence electrons. The van der Waals surface area contributed by atoms with Gasteiger partial charge in [-0.05, 0) is 5.92 Å². The van der Waals surface area contributed by atoms with Crippen molar-refractivity contribution < 1.29 is 23.1 Å². The fourth-order valence-electron chi connectivity index (χ4n) is 1.18. The SMILES string of the molecule is COC(=O)C(NC(=O)C(N)CC(F)F)C(C)C. The van der Waals surface area contributed by atoms with E-state index in [-0.39, 0.29) is 5.92 Å². The molecule has 0 aliphatic carbocycles. The number of carbonyl (C=O) groups is 2. The lowest BCUT2D eigenvalue weighted by atomic mass is 10.0. The van der Waals surface area contributed by atoms with Gasteiger partial charge in [-0.1, -0.05) is 13.8 Å². The number of nitrogens with one attached hydrogen (secondary N) is 1. The molecule has 0 aromatic carbocycles. The molecule has 0 saturated heterocycles. The Balaban J connectivity index is 4.45. The van der Waals surface area contributed by atoms with Crippen molar-refractivity contribution in [3.63, 3.8) is 0 Å². The summed E-state index contributed by atoms with van der Waals surface area (Å²) in [4.78, 5) is 22.7. The first-order chi connectivity index (χ1) is 7.79. The van der Waals surface area contributed by atoms with Gasteiger partial charge in [-0.25, -0.2) is 13.6 Å². The first-order valence-electron chi connectivity index (χ1n) is 5.21. The van der Waals surface area contributed by atoms with Gasteiger partial charge in [-0.3, -0.25) is 4.79 Å². The Morgan fingerprint density at radius 3 is 2.24 bits per heavy atom. The van der Waals surface area contributed by atoms with Crippen molar-refractivity contribution in [2.24, 2.45) is 11.7 Å².